The minimum absolute atomic E-state index is 0.137. The van der Waals surface area contributed by atoms with E-state index in [0.29, 0.717) is 20.6 Å². The minimum Gasteiger partial charge on any atom is -0.465 e. The van der Waals surface area contributed by atoms with Crippen molar-refractivity contribution in [1.82, 2.24) is 0 Å². The minimum atomic E-state index is -0.460. The Labute approximate surface area is 154 Å². The van der Waals surface area contributed by atoms with Crippen molar-refractivity contribution in [3.63, 3.8) is 0 Å². The third-order valence-corrected chi connectivity index (χ3v) is 5.14. The Hall–Kier alpha value is -1.56. The Balaban J connectivity index is 2.15. The van der Waals surface area contributed by atoms with E-state index in [9.17, 15) is 9.59 Å². The molecule has 7 heteroatoms. The van der Waals surface area contributed by atoms with Crippen LogP contribution in [0.2, 0.25) is 10.0 Å². The summed E-state index contributed by atoms with van der Waals surface area (Å²) in [5, 5.41) is 4.14. The fourth-order valence-electron chi connectivity index (χ4n) is 2.17. The van der Waals surface area contributed by atoms with Crippen LogP contribution in [0.1, 0.15) is 34.1 Å². The molecule has 1 amide bonds. The van der Waals surface area contributed by atoms with E-state index >= 15 is 0 Å². The molecule has 0 aliphatic heterocycles. The predicted molar refractivity (Wildman–Crippen MR) is 98.4 cm³/mol. The van der Waals surface area contributed by atoms with Gasteiger partial charge in [-0.25, -0.2) is 4.79 Å². The second kappa shape index (κ2) is 8.51. The summed E-state index contributed by atoms with van der Waals surface area (Å²) in [5.74, 6) is -0.693. The van der Waals surface area contributed by atoms with E-state index < -0.39 is 5.97 Å². The molecule has 0 saturated heterocycles. The van der Waals surface area contributed by atoms with E-state index in [4.69, 9.17) is 27.9 Å². The Kier molecular flexibility index (Phi) is 6.66. The van der Waals surface area contributed by atoms with Gasteiger partial charge in [0, 0.05) is 4.88 Å². The third-order valence-electron chi connectivity index (χ3n) is 3.29. The van der Waals surface area contributed by atoms with Crippen LogP contribution in [0.15, 0.2) is 24.3 Å². The van der Waals surface area contributed by atoms with Crippen LogP contribution in [0.3, 0.4) is 0 Å². The molecular formula is C17H17Cl2NO3S. The number of carbonyl (C=O) groups is 2. The molecule has 0 unspecified atom stereocenters. The quantitative estimate of drug-likeness (QED) is 0.713. The van der Waals surface area contributed by atoms with E-state index in [-0.39, 0.29) is 12.3 Å². The maximum atomic E-state index is 12.3. The average molecular weight is 386 g/mol. The van der Waals surface area contributed by atoms with Crippen molar-refractivity contribution in [3.8, 4) is 0 Å². The van der Waals surface area contributed by atoms with Gasteiger partial charge in [-0.1, -0.05) is 42.6 Å². The standard InChI is InChI=1S/C17H17Cl2NO3S/c1-3-4-11-9-12(17(22)23-2)16(24-11)20-15(21)8-10-5-6-13(18)14(19)7-10/h5-7,9H,3-4,8H2,1-2H3,(H,20,21). The summed E-state index contributed by atoms with van der Waals surface area (Å²) in [6, 6.07) is 6.82. The molecule has 0 fully saturated rings. The van der Waals surface area contributed by atoms with Gasteiger partial charge in [0.05, 0.1) is 29.1 Å². The molecule has 0 radical (unpaired) electrons. The van der Waals surface area contributed by atoms with Crippen molar-refractivity contribution in [2.24, 2.45) is 0 Å². The third kappa shape index (κ3) is 4.72. The van der Waals surface area contributed by atoms with Gasteiger partial charge in [0.2, 0.25) is 5.91 Å². The molecule has 0 aliphatic carbocycles. The van der Waals surface area contributed by atoms with E-state index in [1.165, 1.54) is 18.4 Å². The number of benzene rings is 1. The molecule has 1 heterocycles. The normalized spacial score (nSPS) is 10.5. The zero-order valence-corrected chi connectivity index (χ0v) is 15.6. The predicted octanol–water partition coefficient (Wildman–Crippen LogP) is 4.98. The van der Waals surface area contributed by atoms with Crippen molar-refractivity contribution >= 4 is 51.4 Å². The molecule has 2 aromatic rings. The number of thiophene rings is 1. The monoisotopic (exact) mass is 385 g/mol. The molecule has 0 atom stereocenters. The van der Waals surface area contributed by atoms with Crippen LogP contribution in [0, 0.1) is 0 Å². The number of nitrogens with one attached hydrogen (secondary N) is 1. The number of amides is 1. The van der Waals surface area contributed by atoms with Crippen LogP contribution in [0.4, 0.5) is 5.00 Å². The number of anilines is 1. The summed E-state index contributed by atoms with van der Waals surface area (Å²) in [4.78, 5) is 25.2. The average Bonchev–Trinajstić information content (AvgIpc) is 2.93. The number of hydrogen-bond acceptors (Lipinski definition) is 4. The number of rotatable bonds is 6. The lowest BCUT2D eigenvalue weighted by Gasteiger charge is -2.06. The summed E-state index contributed by atoms with van der Waals surface area (Å²) < 4.78 is 4.78. The molecule has 1 aromatic carbocycles. The Morgan fingerprint density at radius 2 is 1.96 bits per heavy atom. The van der Waals surface area contributed by atoms with Crippen LogP contribution in [-0.4, -0.2) is 19.0 Å². The van der Waals surface area contributed by atoms with Gasteiger partial charge >= 0.3 is 5.97 Å². The van der Waals surface area contributed by atoms with E-state index in [2.05, 4.69) is 12.2 Å². The van der Waals surface area contributed by atoms with Crippen molar-refractivity contribution < 1.29 is 14.3 Å². The van der Waals surface area contributed by atoms with Crippen molar-refractivity contribution in [2.45, 2.75) is 26.2 Å². The van der Waals surface area contributed by atoms with Gasteiger partial charge in [-0.2, -0.15) is 0 Å². The first-order valence-electron chi connectivity index (χ1n) is 7.39. The highest BCUT2D eigenvalue weighted by Crippen LogP contribution is 2.30. The molecule has 2 rings (SSSR count). The summed E-state index contributed by atoms with van der Waals surface area (Å²) in [6.07, 6.45) is 1.94. The van der Waals surface area contributed by atoms with E-state index in [1.807, 2.05) is 0 Å². The highest BCUT2D eigenvalue weighted by Gasteiger charge is 2.18. The van der Waals surface area contributed by atoms with Gasteiger partial charge in [0.1, 0.15) is 5.00 Å². The lowest BCUT2D eigenvalue weighted by molar-refractivity contribution is -0.115. The van der Waals surface area contributed by atoms with Crippen LogP contribution in [0.25, 0.3) is 0 Å². The van der Waals surface area contributed by atoms with Crippen molar-refractivity contribution in [2.75, 3.05) is 12.4 Å². The van der Waals surface area contributed by atoms with Crippen LogP contribution < -0.4 is 5.32 Å². The summed E-state index contributed by atoms with van der Waals surface area (Å²) in [5.41, 5.74) is 1.13. The van der Waals surface area contributed by atoms with Gasteiger partial charge in [0.15, 0.2) is 0 Å². The number of halogens is 2. The molecule has 1 N–H and O–H groups in total. The number of esters is 1. The summed E-state index contributed by atoms with van der Waals surface area (Å²) in [6.45, 7) is 2.06. The fraction of sp³-hybridized carbons (Fsp3) is 0.294. The second-order valence-corrected chi connectivity index (χ2v) is 7.12. The van der Waals surface area contributed by atoms with Gasteiger partial charge in [0.25, 0.3) is 0 Å². The number of methoxy groups -OCH3 is 1. The van der Waals surface area contributed by atoms with Gasteiger partial charge in [-0.15, -0.1) is 11.3 Å². The van der Waals surface area contributed by atoms with E-state index in [0.717, 1.165) is 23.3 Å². The lowest BCUT2D eigenvalue weighted by Crippen LogP contribution is -2.15. The molecule has 0 spiro atoms. The summed E-state index contributed by atoms with van der Waals surface area (Å²) in [7, 11) is 1.32. The van der Waals surface area contributed by atoms with Crippen LogP contribution in [-0.2, 0) is 22.4 Å². The van der Waals surface area contributed by atoms with Crippen LogP contribution >= 0.6 is 34.5 Å². The summed E-state index contributed by atoms with van der Waals surface area (Å²) >= 11 is 13.2. The molecule has 0 bridgehead atoms. The van der Waals surface area contributed by atoms with Crippen LogP contribution in [0.5, 0.6) is 0 Å². The number of ether oxygens (including phenoxy) is 1. The first kappa shape index (κ1) is 18.8. The molecule has 0 saturated carbocycles. The molecule has 128 valence electrons. The highest BCUT2D eigenvalue weighted by atomic mass is 35.5. The maximum absolute atomic E-state index is 12.3. The molecule has 0 aliphatic rings. The SMILES string of the molecule is CCCc1cc(C(=O)OC)c(NC(=O)Cc2ccc(Cl)c(Cl)c2)s1. The molecule has 1 aromatic heterocycles. The number of aryl methyl sites for hydroxylation is 1. The van der Waals surface area contributed by atoms with Crippen molar-refractivity contribution in [3.05, 3.63) is 50.3 Å². The zero-order valence-electron chi connectivity index (χ0n) is 13.3. The fourth-order valence-corrected chi connectivity index (χ4v) is 3.65. The largest absolute Gasteiger partial charge is 0.465 e. The van der Waals surface area contributed by atoms with Gasteiger partial charge in [-0.3, -0.25) is 4.79 Å². The first-order chi connectivity index (χ1) is 11.4. The first-order valence-corrected chi connectivity index (χ1v) is 8.96. The number of hydrogen-bond donors (Lipinski definition) is 1. The lowest BCUT2D eigenvalue weighted by atomic mass is 10.1. The maximum Gasteiger partial charge on any atom is 0.340 e. The second-order valence-electron chi connectivity index (χ2n) is 5.17. The Bertz CT molecular complexity index is 758. The van der Waals surface area contributed by atoms with Crippen molar-refractivity contribution in [1.29, 1.82) is 0 Å². The molecule has 24 heavy (non-hydrogen) atoms. The van der Waals surface area contributed by atoms with Gasteiger partial charge < -0.3 is 10.1 Å². The van der Waals surface area contributed by atoms with E-state index in [1.54, 1.807) is 24.3 Å². The van der Waals surface area contributed by atoms with Gasteiger partial charge in [-0.05, 0) is 30.2 Å². The highest BCUT2D eigenvalue weighted by molar-refractivity contribution is 7.16. The molecule has 4 nitrogen and oxygen atoms in total. The topological polar surface area (TPSA) is 55.4 Å². The Morgan fingerprint density at radius 1 is 1.21 bits per heavy atom. The Morgan fingerprint density at radius 3 is 2.58 bits per heavy atom. The zero-order chi connectivity index (χ0) is 17.7. The molecular weight excluding hydrogens is 369 g/mol. The smallest absolute Gasteiger partial charge is 0.340 e. The number of carbonyl (C=O) groups excluding carboxylic acids is 2.